The van der Waals surface area contributed by atoms with Gasteiger partial charge in [0, 0.05) is 5.02 Å². The highest BCUT2D eigenvalue weighted by molar-refractivity contribution is 7.87. The highest BCUT2D eigenvalue weighted by Gasteiger charge is 2.37. The highest BCUT2D eigenvalue weighted by atomic mass is 35.5. The molecule has 3 aromatic rings. The van der Waals surface area contributed by atoms with Gasteiger partial charge in [-0.2, -0.15) is 8.42 Å². The van der Waals surface area contributed by atoms with Crippen LogP contribution >= 0.6 is 23.2 Å². The molecule has 0 unspecified atom stereocenters. The van der Waals surface area contributed by atoms with Crippen molar-refractivity contribution in [1.82, 2.24) is 5.32 Å². The Labute approximate surface area is 228 Å². The summed E-state index contributed by atoms with van der Waals surface area (Å²) < 4.78 is 36.5. The quantitative estimate of drug-likeness (QED) is 0.236. The predicted molar refractivity (Wildman–Crippen MR) is 142 cm³/mol. The van der Waals surface area contributed by atoms with Crippen molar-refractivity contribution in [1.29, 1.82) is 0 Å². The number of hydrogen-bond acceptors (Lipinski definition) is 7. The van der Waals surface area contributed by atoms with Crippen LogP contribution in [0.4, 0.5) is 10.5 Å². The first-order valence-corrected chi connectivity index (χ1v) is 13.3. The first kappa shape index (κ1) is 27.2. The van der Waals surface area contributed by atoms with E-state index in [4.69, 9.17) is 32.1 Å². The van der Waals surface area contributed by atoms with Crippen LogP contribution in [-0.2, 0) is 19.7 Å². The molecule has 1 saturated heterocycles. The van der Waals surface area contributed by atoms with Crippen LogP contribution < -0.4 is 19.1 Å². The molecule has 4 rings (SSSR count). The summed E-state index contributed by atoms with van der Waals surface area (Å²) in [6.07, 6.45) is 1.21. The van der Waals surface area contributed by atoms with E-state index in [2.05, 4.69) is 5.32 Å². The number of anilines is 1. The van der Waals surface area contributed by atoms with E-state index in [0.717, 1.165) is 10.5 Å². The second kappa shape index (κ2) is 10.9. The minimum atomic E-state index is -4.25. The molecule has 0 atom stereocenters. The number of imide groups is 2. The third-order valence-electron chi connectivity index (χ3n) is 5.33. The maximum Gasteiger partial charge on any atom is 0.339 e. The maximum atomic E-state index is 13.1. The molecule has 38 heavy (non-hydrogen) atoms. The molecule has 9 nitrogen and oxygen atoms in total. The van der Waals surface area contributed by atoms with Crippen molar-refractivity contribution in [3.63, 3.8) is 0 Å². The summed E-state index contributed by atoms with van der Waals surface area (Å²) in [6, 6.07) is 13.7. The van der Waals surface area contributed by atoms with Crippen LogP contribution in [0.2, 0.25) is 10.0 Å². The van der Waals surface area contributed by atoms with Gasteiger partial charge in [-0.1, -0.05) is 40.9 Å². The van der Waals surface area contributed by atoms with Gasteiger partial charge in [0.25, 0.3) is 11.8 Å². The number of halogens is 2. The van der Waals surface area contributed by atoms with Gasteiger partial charge in [-0.3, -0.25) is 14.9 Å². The van der Waals surface area contributed by atoms with Crippen molar-refractivity contribution >= 4 is 62.9 Å². The van der Waals surface area contributed by atoms with E-state index < -0.39 is 28.0 Å². The van der Waals surface area contributed by atoms with Gasteiger partial charge in [0.05, 0.1) is 17.3 Å². The van der Waals surface area contributed by atoms with Gasteiger partial charge < -0.3 is 8.92 Å². The molecule has 1 heterocycles. The van der Waals surface area contributed by atoms with E-state index in [-0.39, 0.29) is 44.8 Å². The number of barbiturate groups is 1. The zero-order valence-electron chi connectivity index (χ0n) is 20.0. The summed E-state index contributed by atoms with van der Waals surface area (Å²) in [4.78, 5) is 38.8. The summed E-state index contributed by atoms with van der Waals surface area (Å²) >= 11 is 12.3. The Morgan fingerprint density at radius 1 is 0.974 bits per heavy atom. The van der Waals surface area contributed by atoms with Crippen LogP contribution in [0.15, 0.2) is 71.1 Å². The Morgan fingerprint density at radius 3 is 2.26 bits per heavy atom. The Kier molecular flexibility index (Phi) is 7.77. The monoisotopic (exact) mass is 574 g/mol. The number of ether oxygens (including phenoxy) is 1. The number of rotatable bonds is 7. The standard InChI is InChI=1S/C26H20Cl2N2O7S/c1-3-36-22-14-16(13-21(28)23(22)37-38(34,35)19-10-4-15(2)5-11-19)12-20-24(31)29-26(33)30(25(20)32)18-8-6-17(27)7-9-18/h4-14H,3H2,1-2H3,(H,29,31,33)/b20-12+. The van der Waals surface area contributed by atoms with E-state index >= 15 is 0 Å². The normalized spacial score (nSPS) is 15.0. The Bertz CT molecular complexity index is 1570. The van der Waals surface area contributed by atoms with Gasteiger partial charge in [-0.15, -0.1) is 0 Å². The summed E-state index contributed by atoms with van der Waals surface area (Å²) in [7, 11) is -4.25. The van der Waals surface area contributed by atoms with E-state index in [1.807, 2.05) is 6.92 Å². The topological polar surface area (TPSA) is 119 Å². The third kappa shape index (κ3) is 5.67. The second-order valence-corrected chi connectivity index (χ2v) is 10.4. The first-order valence-electron chi connectivity index (χ1n) is 11.1. The molecule has 3 aromatic carbocycles. The SMILES string of the molecule is CCOc1cc(/C=C2\C(=O)NC(=O)N(c3ccc(Cl)cc3)C2=O)cc(Cl)c1OS(=O)(=O)c1ccc(C)cc1. The van der Waals surface area contributed by atoms with Crippen LogP contribution in [0.5, 0.6) is 11.5 Å². The van der Waals surface area contributed by atoms with Crippen molar-refractivity contribution < 1.29 is 31.7 Å². The van der Waals surface area contributed by atoms with Crippen LogP contribution in [-0.4, -0.2) is 32.9 Å². The van der Waals surface area contributed by atoms with Gasteiger partial charge in [0.1, 0.15) is 10.5 Å². The highest BCUT2D eigenvalue weighted by Crippen LogP contribution is 2.39. The van der Waals surface area contributed by atoms with Gasteiger partial charge in [-0.25, -0.2) is 9.69 Å². The lowest BCUT2D eigenvalue weighted by Crippen LogP contribution is -2.54. The molecule has 1 N–H and O–H groups in total. The lowest BCUT2D eigenvalue weighted by molar-refractivity contribution is -0.122. The molecule has 0 bridgehead atoms. The number of carbonyl (C=O) groups is 3. The van der Waals surface area contributed by atoms with Crippen LogP contribution in [0.3, 0.4) is 0 Å². The molecule has 0 spiro atoms. The van der Waals surface area contributed by atoms with Crippen molar-refractivity contribution in [2.24, 2.45) is 0 Å². The van der Waals surface area contributed by atoms with E-state index in [1.165, 1.54) is 54.6 Å². The molecule has 0 aliphatic carbocycles. The van der Waals surface area contributed by atoms with E-state index in [9.17, 15) is 22.8 Å². The Balaban J connectivity index is 1.72. The molecule has 4 amide bonds. The van der Waals surface area contributed by atoms with Crippen molar-refractivity contribution in [2.45, 2.75) is 18.7 Å². The zero-order valence-corrected chi connectivity index (χ0v) is 22.4. The summed E-state index contributed by atoms with van der Waals surface area (Å²) in [6.45, 7) is 3.62. The average Bonchev–Trinajstić information content (AvgIpc) is 2.85. The number of amides is 4. The maximum absolute atomic E-state index is 13.1. The number of nitrogens with zero attached hydrogens (tertiary/aromatic N) is 1. The number of aryl methyl sites for hydroxylation is 1. The molecule has 196 valence electrons. The molecular weight excluding hydrogens is 555 g/mol. The first-order chi connectivity index (χ1) is 18.0. The van der Waals surface area contributed by atoms with Crippen LogP contribution in [0.25, 0.3) is 6.08 Å². The molecule has 12 heteroatoms. The Morgan fingerprint density at radius 2 is 1.63 bits per heavy atom. The molecule has 1 aliphatic heterocycles. The molecule has 0 radical (unpaired) electrons. The van der Waals surface area contributed by atoms with Crippen molar-refractivity contribution in [2.75, 3.05) is 11.5 Å². The van der Waals surface area contributed by atoms with Gasteiger partial charge in [-0.05, 0) is 74.0 Å². The van der Waals surface area contributed by atoms with Gasteiger partial charge >= 0.3 is 16.1 Å². The van der Waals surface area contributed by atoms with Crippen LogP contribution in [0, 0.1) is 6.92 Å². The molecular formula is C26H20Cl2N2O7S. The van der Waals surface area contributed by atoms with Gasteiger partial charge in [0.15, 0.2) is 5.75 Å². The number of benzene rings is 3. The number of hydrogen-bond donors (Lipinski definition) is 1. The van der Waals surface area contributed by atoms with Gasteiger partial charge in [0.2, 0.25) is 5.75 Å². The molecule has 0 saturated carbocycles. The summed E-state index contributed by atoms with van der Waals surface area (Å²) in [5, 5.41) is 2.37. The minimum absolute atomic E-state index is 0.0307. The molecule has 0 aromatic heterocycles. The fraction of sp³-hybridized carbons (Fsp3) is 0.115. The Hall–Kier alpha value is -3.86. The molecule has 1 aliphatic rings. The fourth-order valence-corrected chi connectivity index (χ4v) is 4.91. The summed E-state index contributed by atoms with van der Waals surface area (Å²) in [5.74, 6) is -2.08. The minimum Gasteiger partial charge on any atom is -0.490 e. The lowest BCUT2D eigenvalue weighted by Gasteiger charge is -2.26. The zero-order chi connectivity index (χ0) is 27.6. The second-order valence-electron chi connectivity index (χ2n) is 8.05. The smallest absolute Gasteiger partial charge is 0.339 e. The average molecular weight is 575 g/mol. The fourth-order valence-electron chi connectivity index (χ4n) is 3.53. The molecule has 1 fully saturated rings. The number of carbonyl (C=O) groups excluding carboxylic acids is 3. The number of nitrogens with one attached hydrogen (secondary N) is 1. The number of urea groups is 1. The van der Waals surface area contributed by atoms with E-state index in [1.54, 1.807) is 19.1 Å². The third-order valence-corrected chi connectivity index (χ3v) is 7.10. The van der Waals surface area contributed by atoms with Crippen molar-refractivity contribution in [3.05, 3.63) is 87.4 Å². The largest absolute Gasteiger partial charge is 0.490 e. The summed E-state index contributed by atoms with van der Waals surface area (Å²) in [5.41, 5.74) is 0.932. The van der Waals surface area contributed by atoms with Crippen LogP contribution in [0.1, 0.15) is 18.1 Å². The predicted octanol–water partition coefficient (Wildman–Crippen LogP) is 5.13. The van der Waals surface area contributed by atoms with Crippen molar-refractivity contribution in [3.8, 4) is 11.5 Å². The van der Waals surface area contributed by atoms with E-state index in [0.29, 0.717) is 5.02 Å². The lowest BCUT2D eigenvalue weighted by atomic mass is 10.1.